The molecule has 3 aromatic carbocycles. The fourth-order valence-corrected chi connectivity index (χ4v) is 3.75. The maximum atomic E-state index is 13.9. The molecule has 4 aromatic rings. The molecular weight excluding hydrogens is 545 g/mol. The summed E-state index contributed by atoms with van der Waals surface area (Å²) >= 11 is 0. The Balaban J connectivity index is 1.59. The van der Waals surface area contributed by atoms with Gasteiger partial charge in [-0.3, -0.25) is 4.79 Å². The maximum absolute atomic E-state index is 13.9. The smallest absolute Gasteiger partial charge is 0.453 e. The second-order valence-electron chi connectivity index (χ2n) is 8.35. The number of methoxy groups -OCH3 is 1. The van der Waals surface area contributed by atoms with Gasteiger partial charge >= 0.3 is 12.1 Å². The van der Waals surface area contributed by atoms with Crippen molar-refractivity contribution in [1.29, 1.82) is 0 Å². The lowest BCUT2D eigenvalue weighted by molar-refractivity contribution is -0.154. The van der Waals surface area contributed by atoms with Crippen LogP contribution in [0.25, 0.3) is 17.0 Å². The van der Waals surface area contributed by atoms with E-state index in [1.165, 1.54) is 49.6 Å². The highest BCUT2D eigenvalue weighted by atomic mass is 19.4. The van der Waals surface area contributed by atoms with E-state index in [-0.39, 0.29) is 16.9 Å². The van der Waals surface area contributed by atoms with Crippen LogP contribution in [0.1, 0.15) is 25.2 Å². The van der Waals surface area contributed by atoms with Crippen molar-refractivity contribution < 1.29 is 46.1 Å². The molecule has 41 heavy (non-hydrogen) atoms. The Morgan fingerprint density at radius 3 is 2.20 bits per heavy atom. The van der Waals surface area contributed by atoms with Gasteiger partial charge in [-0.1, -0.05) is 6.07 Å². The minimum Gasteiger partial charge on any atom is -0.497 e. The molecule has 0 saturated carbocycles. The molecule has 1 aromatic heterocycles. The van der Waals surface area contributed by atoms with Crippen LogP contribution in [-0.4, -0.2) is 26.3 Å². The van der Waals surface area contributed by atoms with Crippen molar-refractivity contribution in [3.8, 4) is 34.5 Å². The van der Waals surface area contributed by atoms with E-state index in [1.54, 1.807) is 18.2 Å². The van der Waals surface area contributed by atoms with Gasteiger partial charge in [0.1, 0.15) is 22.8 Å². The number of ether oxygens (including phenoxy) is 5. The largest absolute Gasteiger partial charge is 0.497 e. The first-order valence-corrected chi connectivity index (χ1v) is 12.4. The number of carbonyl (C=O) groups is 1. The summed E-state index contributed by atoms with van der Waals surface area (Å²) in [4.78, 5) is 25.4. The number of halogens is 3. The molecule has 0 amide bonds. The zero-order chi connectivity index (χ0) is 29.6. The second-order valence-corrected chi connectivity index (χ2v) is 8.35. The van der Waals surface area contributed by atoms with Gasteiger partial charge in [0.15, 0.2) is 11.5 Å². The van der Waals surface area contributed by atoms with Crippen LogP contribution >= 0.6 is 0 Å². The van der Waals surface area contributed by atoms with Crippen molar-refractivity contribution in [1.82, 2.24) is 0 Å². The highest BCUT2D eigenvalue weighted by molar-refractivity contribution is 5.89. The summed E-state index contributed by atoms with van der Waals surface area (Å²) in [5.74, 6) is -2.11. The highest BCUT2D eigenvalue weighted by Gasteiger charge is 2.40. The number of hydrogen-bond donors (Lipinski definition) is 0. The van der Waals surface area contributed by atoms with Crippen molar-refractivity contribution in [2.75, 3.05) is 20.3 Å². The number of carbonyl (C=O) groups excluding carboxylic acids is 1. The molecule has 1 heterocycles. The minimum atomic E-state index is -5.05. The van der Waals surface area contributed by atoms with E-state index in [0.29, 0.717) is 36.0 Å². The fourth-order valence-electron chi connectivity index (χ4n) is 3.75. The van der Waals surface area contributed by atoms with E-state index >= 15 is 0 Å². The maximum Gasteiger partial charge on any atom is 0.453 e. The van der Waals surface area contributed by atoms with Gasteiger partial charge in [-0.15, -0.1) is 0 Å². The lowest BCUT2D eigenvalue weighted by atomic mass is 10.2. The number of fused-ring (bicyclic) bond motifs is 1. The van der Waals surface area contributed by atoms with E-state index in [0.717, 1.165) is 12.1 Å². The van der Waals surface area contributed by atoms with Crippen LogP contribution in [0, 0.1) is 0 Å². The van der Waals surface area contributed by atoms with Crippen LogP contribution in [-0.2, 0) is 11.0 Å². The zero-order valence-electron chi connectivity index (χ0n) is 22.2. The van der Waals surface area contributed by atoms with Crippen LogP contribution in [0.5, 0.6) is 34.5 Å². The summed E-state index contributed by atoms with van der Waals surface area (Å²) in [6, 6.07) is 14.2. The second kappa shape index (κ2) is 12.5. The van der Waals surface area contributed by atoms with Crippen molar-refractivity contribution in [2.45, 2.75) is 20.0 Å². The Morgan fingerprint density at radius 2 is 1.54 bits per heavy atom. The number of esters is 1. The summed E-state index contributed by atoms with van der Waals surface area (Å²) in [6.07, 6.45) is -2.44. The molecule has 11 heteroatoms. The van der Waals surface area contributed by atoms with Gasteiger partial charge in [0.2, 0.25) is 11.2 Å². The van der Waals surface area contributed by atoms with E-state index in [1.807, 2.05) is 13.8 Å². The Morgan fingerprint density at radius 1 is 0.878 bits per heavy atom. The number of hydrogen-bond acceptors (Lipinski definition) is 8. The molecule has 8 nitrogen and oxygen atoms in total. The Bertz CT molecular complexity index is 1620. The lowest BCUT2D eigenvalue weighted by Crippen LogP contribution is -2.15. The lowest BCUT2D eigenvalue weighted by Gasteiger charge is -2.13. The van der Waals surface area contributed by atoms with Crippen molar-refractivity contribution in [3.05, 3.63) is 88.3 Å². The van der Waals surface area contributed by atoms with Crippen molar-refractivity contribution in [3.63, 3.8) is 0 Å². The Hall–Kier alpha value is -4.93. The Labute approximate surface area is 232 Å². The molecule has 0 atom stereocenters. The standard InChI is InChI=1S/C30H25F3O8/c1-4-37-23-14-6-18(16-25(23)38-5-2)7-15-26(34)39-21-12-13-22-24(17-21)41-29(30(31,32)33)28(27(22)35)40-20-10-8-19(36-3)9-11-20/h6-17H,4-5H2,1-3H3/b15-7+. The molecule has 0 N–H and O–H groups in total. The first-order chi connectivity index (χ1) is 19.6. The third kappa shape index (κ3) is 6.99. The molecule has 0 aliphatic heterocycles. The first-order valence-electron chi connectivity index (χ1n) is 12.4. The highest BCUT2D eigenvalue weighted by Crippen LogP contribution is 2.39. The van der Waals surface area contributed by atoms with E-state index in [2.05, 4.69) is 0 Å². The average Bonchev–Trinajstić information content (AvgIpc) is 2.94. The summed E-state index contributed by atoms with van der Waals surface area (Å²) in [7, 11) is 1.43. The summed E-state index contributed by atoms with van der Waals surface area (Å²) in [5, 5.41) is -0.199. The van der Waals surface area contributed by atoms with Gasteiger partial charge < -0.3 is 28.1 Å². The number of rotatable bonds is 10. The topological polar surface area (TPSA) is 93.4 Å². The third-order valence-corrected chi connectivity index (χ3v) is 5.56. The molecular formula is C30H25F3O8. The monoisotopic (exact) mass is 570 g/mol. The van der Waals surface area contributed by atoms with E-state index in [4.69, 9.17) is 28.1 Å². The summed E-state index contributed by atoms with van der Waals surface area (Å²) in [5.41, 5.74) is -0.864. The molecule has 0 saturated heterocycles. The zero-order valence-corrected chi connectivity index (χ0v) is 22.2. The van der Waals surface area contributed by atoms with Crippen molar-refractivity contribution in [2.24, 2.45) is 0 Å². The van der Waals surface area contributed by atoms with Crippen LogP contribution < -0.4 is 29.1 Å². The molecule has 0 aliphatic rings. The van der Waals surface area contributed by atoms with Crippen molar-refractivity contribution >= 4 is 23.0 Å². The van der Waals surface area contributed by atoms with Gasteiger partial charge in [0.05, 0.1) is 25.7 Å². The molecule has 214 valence electrons. The molecule has 0 aliphatic carbocycles. The molecule has 0 spiro atoms. The van der Waals surface area contributed by atoms with E-state index < -0.39 is 34.7 Å². The molecule has 0 unspecified atom stereocenters. The summed E-state index contributed by atoms with van der Waals surface area (Å²) < 4.78 is 73.2. The van der Waals surface area contributed by atoms with Crippen LogP contribution in [0.4, 0.5) is 13.2 Å². The molecule has 0 bridgehead atoms. The van der Waals surface area contributed by atoms with Crippen LogP contribution in [0.3, 0.4) is 0 Å². The average molecular weight is 571 g/mol. The predicted octanol–water partition coefficient (Wildman–Crippen LogP) is 7.03. The van der Waals surface area contributed by atoms with Gasteiger partial charge in [0.25, 0.3) is 5.76 Å². The normalized spacial score (nSPS) is 11.5. The first kappa shape index (κ1) is 29.1. The quantitative estimate of drug-likeness (QED) is 0.114. The minimum absolute atomic E-state index is 0.0267. The van der Waals surface area contributed by atoms with Crippen LogP contribution in [0.2, 0.25) is 0 Å². The fraction of sp³-hybridized carbons (Fsp3) is 0.200. The molecule has 4 rings (SSSR count). The third-order valence-electron chi connectivity index (χ3n) is 5.56. The number of benzene rings is 3. The Kier molecular flexibility index (Phi) is 8.86. The van der Waals surface area contributed by atoms with Gasteiger partial charge in [-0.05, 0) is 74.0 Å². The van der Waals surface area contributed by atoms with Gasteiger partial charge in [-0.25, -0.2) is 4.79 Å². The SMILES string of the molecule is CCOc1ccc(/C=C/C(=O)Oc2ccc3c(=O)c(Oc4ccc(OC)cc4)c(C(F)(F)F)oc3c2)cc1OCC. The number of alkyl halides is 3. The van der Waals surface area contributed by atoms with E-state index in [9.17, 15) is 22.8 Å². The molecule has 0 radical (unpaired) electrons. The predicted molar refractivity (Wildman–Crippen MR) is 144 cm³/mol. The molecule has 0 fully saturated rings. The van der Waals surface area contributed by atoms with Crippen LogP contribution in [0.15, 0.2) is 76.0 Å². The summed E-state index contributed by atoms with van der Waals surface area (Å²) in [6.45, 7) is 4.54. The van der Waals surface area contributed by atoms with Gasteiger partial charge in [-0.2, -0.15) is 13.2 Å². The van der Waals surface area contributed by atoms with Gasteiger partial charge in [0, 0.05) is 12.1 Å².